The molecule has 0 radical (unpaired) electrons. The van der Waals surface area contributed by atoms with Gasteiger partial charge in [0.1, 0.15) is 5.75 Å². The molecule has 0 aliphatic rings. The molecule has 0 aromatic heterocycles. The quantitative estimate of drug-likeness (QED) is 0.100. The zero-order chi connectivity index (χ0) is 24.9. The normalized spacial score (nSPS) is 15.2. The van der Waals surface area contributed by atoms with E-state index in [1.165, 1.54) is 38.5 Å². The second-order valence-corrected chi connectivity index (χ2v) is 13.9. The van der Waals surface area contributed by atoms with Gasteiger partial charge in [0.05, 0.1) is 5.56 Å². The number of carbonyl (C=O) groups excluding carboxylic acids is 1. The Morgan fingerprint density at radius 3 is 2.03 bits per heavy atom. The van der Waals surface area contributed by atoms with Gasteiger partial charge in [0.25, 0.3) is 0 Å². The van der Waals surface area contributed by atoms with Crippen molar-refractivity contribution in [1.82, 2.24) is 0 Å². The third-order valence-electron chi connectivity index (χ3n) is 6.40. The van der Waals surface area contributed by atoms with Crippen LogP contribution in [0.5, 0.6) is 5.75 Å². The highest BCUT2D eigenvalue weighted by Gasteiger charge is 2.23. The summed E-state index contributed by atoms with van der Waals surface area (Å²) >= 11 is 15.5. The molecule has 0 amide bonds. The second kappa shape index (κ2) is 16.8. The summed E-state index contributed by atoms with van der Waals surface area (Å²) in [6.45, 7) is 2.25. The van der Waals surface area contributed by atoms with E-state index >= 15 is 0 Å². The molecule has 2 aromatic carbocycles. The van der Waals surface area contributed by atoms with Gasteiger partial charge >= 0.3 is 0 Å². The minimum Gasteiger partial charge on any atom is -0.507 e. The van der Waals surface area contributed by atoms with Crippen molar-refractivity contribution in [2.24, 2.45) is 0 Å². The number of fused-ring (bicyclic) bond motifs is 1. The Hall–Kier alpha value is 0.0900. The Bertz CT molecular complexity index is 873. The van der Waals surface area contributed by atoms with E-state index in [0.29, 0.717) is 31.3 Å². The van der Waals surface area contributed by atoms with Crippen LogP contribution in [-0.4, -0.2) is 30.2 Å². The molecule has 34 heavy (non-hydrogen) atoms. The lowest BCUT2D eigenvalue weighted by Gasteiger charge is -2.23. The molecule has 0 aliphatic carbocycles. The highest BCUT2D eigenvalue weighted by Crippen LogP contribution is 2.32. The lowest BCUT2D eigenvalue weighted by Crippen LogP contribution is -2.23. The molecule has 0 saturated heterocycles. The van der Waals surface area contributed by atoms with Crippen LogP contribution >= 0.6 is 63.7 Å². The van der Waals surface area contributed by atoms with E-state index in [1.54, 1.807) is 6.07 Å². The molecular formula is C28H38Br4O2. The van der Waals surface area contributed by atoms with Crippen molar-refractivity contribution in [2.75, 3.05) is 0 Å². The number of Topliss-reactive ketones (excluding diaryl/α,β-unsaturated/α-hetero) is 1. The van der Waals surface area contributed by atoms with Crippen LogP contribution in [0.1, 0.15) is 94.3 Å². The van der Waals surface area contributed by atoms with Gasteiger partial charge in [0.2, 0.25) is 0 Å². The lowest BCUT2D eigenvalue weighted by atomic mass is 9.99. The summed E-state index contributed by atoms with van der Waals surface area (Å²) in [4.78, 5) is 14.5. The van der Waals surface area contributed by atoms with Gasteiger partial charge in [-0.25, -0.2) is 0 Å². The smallest absolute Gasteiger partial charge is 0.166 e. The van der Waals surface area contributed by atoms with Crippen molar-refractivity contribution in [3.05, 3.63) is 42.0 Å². The molecular weight excluding hydrogens is 688 g/mol. The summed E-state index contributed by atoms with van der Waals surface area (Å²) in [6, 6.07) is 11.3. The molecule has 2 nitrogen and oxygen atoms in total. The predicted molar refractivity (Wildman–Crippen MR) is 162 cm³/mol. The number of phenols is 1. The maximum Gasteiger partial charge on any atom is 0.166 e. The van der Waals surface area contributed by atoms with Crippen LogP contribution < -0.4 is 0 Å². The number of alkyl halides is 4. The fourth-order valence-electron chi connectivity index (χ4n) is 4.23. The number of benzene rings is 2. The lowest BCUT2D eigenvalue weighted by molar-refractivity contribution is 0.0976. The van der Waals surface area contributed by atoms with Gasteiger partial charge in [-0.3, -0.25) is 4.79 Å². The second-order valence-electron chi connectivity index (χ2n) is 9.21. The van der Waals surface area contributed by atoms with Crippen LogP contribution in [0.25, 0.3) is 10.8 Å². The van der Waals surface area contributed by atoms with Crippen LogP contribution in [0.2, 0.25) is 0 Å². The van der Waals surface area contributed by atoms with Gasteiger partial charge in [-0.1, -0.05) is 146 Å². The largest absolute Gasteiger partial charge is 0.507 e. The summed E-state index contributed by atoms with van der Waals surface area (Å²) < 4.78 is 0. The zero-order valence-corrected chi connectivity index (χ0v) is 26.5. The maximum absolute atomic E-state index is 12.6. The van der Waals surface area contributed by atoms with E-state index in [1.807, 2.05) is 30.3 Å². The number of phenolic OH excluding ortho intramolecular Hbond substituents is 1. The molecule has 0 aliphatic heterocycles. The summed E-state index contributed by atoms with van der Waals surface area (Å²) in [6.07, 6.45) is 13.3. The molecule has 0 heterocycles. The number of hydrogen-bond acceptors (Lipinski definition) is 2. The Balaban J connectivity index is 1.60. The molecule has 2 rings (SSSR count). The van der Waals surface area contributed by atoms with Gasteiger partial charge < -0.3 is 5.11 Å². The van der Waals surface area contributed by atoms with Crippen LogP contribution in [-0.2, 0) is 0 Å². The highest BCUT2D eigenvalue weighted by atomic mass is 79.9. The molecule has 190 valence electrons. The molecule has 0 fully saturated rings. The first kappa shape index (κ1) is 30.3. The predicted octanol–water partition coefficient (Wildman–Crippen LogP) is 10.5. The SMILES string of the molecule is CCCCC[C@@H](Br)[C@@H](Br)C[C@H](Br)[C@H](Br)CCCCCCCC(=O)c1ccc2ccccc2c1O. The van der Waals surface area contributed by atoms with E-state index in [2.05, 4.69) is 70.6 Å². The number of halogens is 4. The van der Waals surface area contributed by atoms with Crippen molar-refractivity contribution < 1.29 is 9.90 Å². The average Bonchev–Trinajstić information content (AvgIpc) is 2.83. The molecule has 6 heteroatoms. The average molecular weight is 726 g/mol. The minimum atomic E-state index is 0.0371. The first-order chi connectivity index (χ1) is 16.3. The molecule has 2 aromatic rings. The summed E-state index contributed by atoms with van der Waals surface area (Å²) in [5, 5.41) is 12.2. The first-order valence-electron chi connectivity index (χ1n) is 12.6. The van der Waals surface area contributed by atoms with E-state index in [-0.39, 0.29) is 11.5 Å². The first-order valence-corrected chi connectivity index (χ1v) is 16.3. The van der Waals surface area contributed by atoms with E-state index in [0.717, 1.165) is 42.9 Å². The van der Waals surface area contributed by atoms with Crippen LogP contribution in [0, 0.1) is 0 Å². The summed E-state index contributed by atoms with van der Waals surface area (Å²) in [5.74, 6) is 0.156. The van der Waals surface area contributed by atoms with Crippen molar-refractivity contribution in [2.45, 2.75) is 103 Å². The Morgan fingerprint density at radius 2 is 1.35 bits per heavy atom. The molecule has 0 saturated carbocycles. The van der Waals surface area contributed by atoms with Gasteiger partial charge in [0, 0.05) is 31.1 Å². The van der Waals surface area contributed by atoms with Crippen LogP contribution in [0.4, 0.5) is 0 Å². The Morgan fingerprint density at radius 1 is 0.765 bits per heavy atom. The highest BCUT2D eigenvalue weighted by molar-refractivity contribution is 9.13. The van der Waals surface area contributed by atoms with Gasteiger partial charge in [-0.15, -0.1) is 0 Å². The van der Waals surface area contributed by atoms with Gasteiger partial charge in [-0.2, -0.15) is 0 Å². The number of ketones is 1. The van der Waals surface area contributed by atoms with Gasteiger partial charge in [-0.05, 0) is 37.1 Å². The number of carbonyl (C=O) groups is 1. The monoisotopic (exact) mass is 722 g/mol. The zero-order valence-electron chi connectivity index (χ0n) is 20.1. The number of rotatable bonds is 17. The molecule has 1 N–H and O–H groups in total. The van der Waals surface area contributed by atoms with E-state index in [4.69, 9.17) is 0 Å². The Kier molecular flexibility index (Phi) is 14.9. The topological polar surface area (TPSA) is 37.3 Å². The van der Waals surface area contributed by atoms with E-state index < -0.39 is 0 Å². The summed E-state index contributed by atoms with van der Waals surface area (Å²) in [5.41, 5.74) is 0.449. The molecule has 0 unspecified atom stereocenters. The Labute approximate surface area is 239 Å². The standard InChI is InChI=1S/C28H38Br4O2/c1-2-3-7-14-23(29)25(31)19-26(32)24(30)15-8-5-4-6-9-16-27(33)22-18-17-20-12-10-11-13-21(20)28(22)34/h10-13,17-18,23-26,34H,2-9,14-16,19H2,1H3/t23-,24-,25+,26+/m1/s1. The number of unbranched alkanes of at least 4 members (excludes halogenated alkanes) is 6. The fraction of sp³-hybridized carbons (Fsp3) is 0.607. The molecule has 0 spiro atoms. The van der Waals surface area contributed by atoms with Gasteiger partial charge in [0.15, 0.2) is 5.78 Å². The molecule has 4 atom stereocenters. The fourth-order valence-corrected chi connectivity index (χ4v) is 7.15. The third-order valence-corrected chi connectivity index (χ3v) is 12.0. The maximum atomic E-state index is 12.6. The van der Waals surface area contributed by atoms with Crippen molar-refractivity contribution >= 4 is 80.3 Å². The van der Waals surface area contributed by atoms with Crippen molar-refractivity contribution in [3.63, 3.8) is 0 Å². The van der Waals surface area contributed by atoms with Crippen molar-refractivity contribution in [1.29, 1.82) is 0 Å². The third kappa shape index (κ3) is 10.2. The number of aromatic hydroxyl groups is 1. The van der Waals surface area contributed by atoms with E-state index in [9.17, 15) is 9.90 Å². The van der Waals surface area contributed by atoms with Crippen LogP contribution in [0.15, 0.2) is 36.4 Å². The number of hydrogen-bond donors (Lipinski definition) is 1. The minimum absolute atomic E-state index is 0.0371. The molecule has 0 bridgehead atoms. The van der Waals surface area contributed by atoms with Crippen molar-refractivity contribution in [3.8, 4) is 5.75 Å². The summed E-state index contributed by atoms with van der Waals surface area (Å²) in [7, 11) is 0. The van der Waals surface area contributed by atoms with Crippen LogP contribution in [0.3, 0.4) is 0 Å².